The molecule has 0 bridgehead atoms. The number of ketones is 1. The van der Waals surface area contributed by atoms with E-state index in [2.05, 4.69) is 19.7 Å². The average Bonchev–Trinajstić information content (AvgIpc) is 4.04. The molecule has 2 aliphatic carbocycles. The first-order valence-corrected chi connectivity index (χ1v) is 22.5. The highest BCUT2D eigenvalue weighted by Gasteiger charge is 2.62. The summed E-state index contributed by atoms with van der Waals surface area (Å²) in [4.78, 5) is 58.8. The second-order valence-corrected chi connectivity index (χ2v) is 20.4. The predicted octanol–water partition coefficient (Wildman–Crippen LogP) is 8.06. The summed E-state index contributed by atoms with van der Waals surface area (Å²) in [6.45, 7) is 9.59. The lowest BCUT2D eigenvalue weighted by molar-refractivity contribution is -0.144. The smallest absolute Gasteiger partial charge is 0.416 e. The van der Waals surface area contributed by atoms with Gasteiger partial charge in [-0.3, -0.25) is 19.1 Å². The summed E-state index contributed by atoms with van der Waals surface area (Å²) in [5.41, 5.74) is -0.474. The molecule has 0 radical (unpaired) electrons. The van der Waals surface area contributed by atoms with Gasteiger partial charge in [-0.15, -0.1) is 11.3 Å². The Morgan fingerprint density at radius 1 is 1.05 bits per heavy atom. The maximum atomic E-state index is 14.9. The van der Waals surface area contributed by atoms with Crippen molar-refractivity contribution in [2.24, 2.45) is 22.7 Å². The number of rotatable bonds is 13. The predicted molar refractivity (Wildman–Crippen MR) is 218 cm³/mol. The summed E-state index contributed by atoms with van der Waals surface area (Å²) in [6, 6.07) is 10.5. The number of carbonyl (C=O) groups is 3. The molecule has 60 heavy (non-hydrogen) atoms. The molecule has 1 N–H and O–H groups in total. The number of sulfonamides is 1. The number of nitrogens with zero attached hydrogens (tertiary/aromatic N) is 4. The number of aromatic nitrogens is 3. The van der Waals surface area contributed by atoms with Crippen LogP contribution in [0.2, 0.25) is 0 Å². The zero-order valence-electron chi connectivity index (χ0n) is 33.8. The highest BCUT2D eigenvalue weighted by Crippen LogP contribution is 2.58. The second kappa shape index (κ2) is 15.2. The van der Waals surface area contributed by atoms with Gasteiger partial charge in [-0.05, 0) is 61.8 Å². The Kier molecular flexibility index (Phi) is 10.6. The van der Waals surface area contributed by atoms with Gasteiger partial charge in [0.05, 0.1) is 33.8 Å². The fourth-order valence-electron chi connectivity index (χ4n) is 8.42. The summed E-state index contributed by atoms with van der Waals surface area (Å²) in [5, 5.41) is 2.69. The zero-order chi connectivity index (χ0) is 42.9. The number of furan rings is 1. The van der Waals surface area contributed by atoms with E-state index in [-0.39, 0.29) is 54.3 Å². The minimum absolute atomic E-state index is 0.0170. The minimum atomic E-state index is -4.54. The van der Waals surface area contributed by atoms with Gasteiger partial charge in [0.1, 0.15) is 17.2 Å². The van der Waals surface area contributed by atoms with Gasteiger partial charge in [-0.25, -0.2) is 18.4 Å². The number of carbonyl (C=O) groups excluding carboxylic acids is 3. The van der Waals surface area contributed by atoms with Gasteiger partial charge in [0, 0.05) is 47.2 Å². The molecular formula is C43H46F3N5O7S2. The maximum absolute atomic E-state index is 14.9. The molecule has 8 rings (SSSR count). The quantitative estimate of drug-likeness (QED) is 0.123. The number of para-hydroxylation sites is 1. The molecule has 5 aromatic rings. The van der Waals surface area contributed by atoms with Gasteiger partial charge in [0.15, 0.2) is 11.6 Å². The van der Waals surface area contributed by atoms with Gasteiger partial charge < -0.3 is 14.1 Å². The van der Waals surface area contributed by atoms with Gasteiger partial charge in [-0.2, -0.15) is 18.2 Å². The van der Waals surface area contributed by atoms with Crippen molar-refractivity contribution < 1.29 is 45.1 Å². The molecular weight excluding hydrogens is 820 g/mol. The normalized spacial score (nSPS) is 22.6. The Balaban J connectivity index is 1.15. The summed E-state index contributed by atoms with van der Waals surface area (Å²) < 4.78 is 81.2. The van der Waals surface area contributed by atoms with E-state index in [9.17, 15) is 36.0 Å². The number of halogens is 3. The lowest BCUT2D eigenvalue weighted by Gasteiger charge is -2.35. The number of thiazole rings is 1. The van der Waals surface area contributed by atoms with Gasteiger partial charge in [0.25, 0.3) is 5.88 Å². The summed E-state index contributed by atoms with van der Waals surface area (Å²) in [6.07, 6.45) is -3.43. The summed E-state index contributed by atoms with van der Waals surface area (Å²) in [5.74, 6) is -2.12. The number of amides is 2. The second-order valence-electron chi connectivity index (χ2n) is 17.5. The Morgan fingerprint density at radius 2 is 1.77 bits per heavy atom. The largest absolute Gasteiger partial charge is 0.470 e. The highest BCUT2D eigenvalue weighted by molar-refractivity contribution is 7.90. The van der Waals surface area contributed by atoms with Crippen LogP contribution in [0.4, 0.5) is 13.2 Å². The van der Waals surface area contributed by atoms with Crippen LogP contribution in [0.15, 0.2) is 58.3 Å². The molecule has 5 atom stereocenters. The molecule has 4 heterocycles. The Labute approximate surface area is 349 Å². The van der Waals surface area contributed by atoms with Crippen LogP contribution in [0, 0.1) is 29.6 Å². The number of benzene rings is 2. The topological polar surface area (TPSA) is 162 Å². The number of alkyl halides is 3. The molecule has 12 nitrogen and oxygen atoms in total. The molecule has 17 heteroatoms. The number of aryl methyl sites for hydroxylation is 1. The molecule has 1 saturated heterocycles. The monoisotopic (exact) mass is 865 g/mol. The van der Waals surface area contributed by atoms with Gasteiger partial charge in [0.2, 0.25) is 27.4 Å². The van der Waals surface area contributed by atoms with Crippen LogP contribution in [-0.4, -0.2) is 69.8 Å². The number of Topliss-reactive ketones (excluding diaryl/α,β-unsaturated/α-hetero) is 1. The van der Waals surface area contributed by atoms with E-state index in [4.69, 9.17) is 9.15 Å². The molecule has 3 fully saturated rings. The van der Waals surface area contributed by atoms with E-state index in [1.54, 1.807) is 24.3 Å². The Hall–Kier alpha value is -4.90. The molecule has 318 valence electrons. The van der Waals surface area contributed by atoms with E-state index >= 15 is 0 Å². The van der Waals surface area contributed by atoms with E-state index in [1.807, 2.05) is 40.0 Å². The van der Waals surface area contributed by atoms with E-state index < -0.39 is 61.8 Å². The SMILES string of the molecule is CC[C@@H]1C[C@]1(CC(=O)[C@@H]1C[C@@H](Oc2nc(-c3ccc(C(F)(F)F)cc3)nc3c2oc2ccccc23)CN1C(=O)[C@@H](Cc1nc(C)cs1)C(C)(C)C)C(=O)NS(=O)(=O)C1CC1. The lowest BCUT2D eigenvalue weighted by Crippen LogP contribution is -2.48. The van der Waals surface area contributed by atoms with Crippen LogP contribution in [0.25, 0.3) is 33.5 Å². The highest BCUT2D eigenvalue weighted by atomic mass is 32.2. The number of ether oxygens (including phenoxy) is 1. The Bertz CT molecular complexity index is 2600. The van der Waals surface area contributed by atoms with Crippen LogP contribution in [0.3, 0.4) is 0 Å². The number of likely N-dealkylation sites (tertiary alicyclic amines) is 1. The summed E-state index contributed by atoms with van der Waals surface area (Å²) in [7, 11) is -3.87. The standard InChI is InChI=1S/C43H46F3N5O7S2/c1-6-25-19-42(25,40(54)50-60(55,56)28-15-16-28)20-32(52)31-17-27(21-51(31)39(53)30(41(3,4)5)18-34-47-23(2)22-59-34)57-38-36-35(29-9-7-8-10-33(29)58-36)48-37(49-38)24-11-13-26(14-12-24)43(44,45)46/h7-14,22,25,27-28,30-31H,6,15-21H2,1-5H3,(H,50,54)/t25-,27-,30-,31+,42-/m1/s1. The fourth-order valence-corrected chi connectivity index (χ4v) is 10.6. The molecule has 0 spiro atoms. The van der Waals surface area contributed by atoms with Crippen LogP contribution in [0.5, 0.6) is 5.88 Å². The maximum Gasteiger partial charge on any atom is 0.416 e. The zero-order valence-corrected chi connectivity index (χ0v) is 35.5. The molecule has 3 aliphatic rings. The van der Waals surface area contributed by atoms with E-state index in [0.29, 0.717) is 54.2 Å². The number of hydrogen-bond acceptors (Lipinski definition) is 11. The molecule has 3 aromatic heterocycles. The third kappa shape index (κ3) is 8.14. The van der Waals surface area contributed by atoms with Crippen molar-refractivity contribution in [3.8, 4) is 17.3 Å². The first-order chi connectivity index (χ1) is 28.3. The van der Waals surface area contributed by atoms with Gasteiger partial charge in [-0.1, -0.05) is 58.4 Å². The van der Waals surface area contributed by atoms with Crippen molar-refractivity contribution in [2.45, 2.75) is 103 Å². The molecule has 2 amide bonds. The third-order valence-corrected chi connectivity index (χ3v) is 14.9. The van der Waals surface area contributed by atoms with Crippen LogP contribution in [-0.2, 0) is 37.0 Å². The Morgan fingerprint density at radius 3 is 2.38 bits per heavy atom. The summed E-state index contributed by atoms with van der Waals surface area (Å²) >= 11 is 1.45. The van der Waals surface area contributed by atoms with Crippen LogP contribution >= 0.6 is 11.3 Å². The molecule has 1 aliphatic heterocycles. The van der Waals surface area contributed by atoms with Crippen molar-refractivity contribution in [2.75, 3.05) is 6.54 Å². The van der Waals surface area contributed by atoms with E-state index in [1.165, 1.54) is 28.4 Å². The minimum Gasteiger partial charge on any atom is -0.470 e. The van der Waals surface area contributed by atoms with Crippen LogP contribution in [0.1, 0.15) is 82.5 Å². The van der Waals surface area contributed by atoms with Crippen molar-refractivity contribution in [1.82, 2.24) is 24.6 Å². The average molecular weight is 866 g/mol. The molecule has 2 saturated carbocycles. The van der Waals surface area contributed by atoms with Crippen molar-refractivity contribution in [1.29, 1.82) is 0 Å². The number of hydrogen-bond donors (Lipinski definition) is 1. The van der Waals surface area contributed by atoms with Crippen molar-refractivity contribution in [3.63, 3.8) is 0 Å². The first kappa shape index (κ1) is 41.8. The molecule has 0 unspecified atom stereocenters. The first-order valence-electron chi connectivity index (χ1n) is 20.1. The lowest BCUT2D eigenvalue weighted by atomic mass is 9.77. The number of nitrogens with one attached hydrogen (secondary N) is 1. The molecule has 2 aromatic carbocycles. The fraction of sp³-hybridized carbons (Fsp3) is 0.488. The number of fused-ring (bicyclic) bond motifs is 3. The van der Waals surface area contributed by atoms with Crippen LogP contribution < -0.4 is 9.46 Å². The van der Waals surface area contributed by atoms with E-state index in [0.717, 1.165) is 22.8 Å². The third-order valence-electron chi connectivity index (χ3n) is 12.1. The van der Waals surface area contributed by atoms with Gasteiger partial charge >= 0.3 is 6.18 Å². The van der Waals surface area contributed by atoms with Crippen molar-refractivity contribution in [3.05, 3.63) is 70.2 Å². The van der Waals surface area contributed by atoms with Crippen molar-refractivity contribution >= 4 is 61.0 Å².